The van der Waals surface area contributed by atoms with E-state index in [1.807, 2.05) is 0 Å². The fourth-order valence-electron chi connectivity index (χ4n) is 0.490. The molecule has 8 heteroatoms. The Morgan fingerprint density at radius 2 is 2.08 bits per heavy atom. The summed E-state index contributed by atoms with van der Waals surface area (Å²) in [5.74, 6) is 0. The topological polar surface area (TPSA) is 36.7 Å². The average molecular weight is 216 g/mol. The minimum atomic E-state index is -4.99. The number of nitriles is 1. The van der Waals surface area contributed by atoms with E-state index in [-0.39, 0.29) is 56.4 Å². The van der Waals surface area contributed by atoms with Gasteiger partial charge in [0.1, 0.15) is 6.07 Å². The van der Waals surface area contributed by atoms with Crippen molar-refractivity contribution in [1.82, 2.24) is 4.98 Å². The zero-order chi connectivity index (χ0) is 8.48. The molecular weight excluding hydrogens is 215 g/mol. The molecule has 0 unspecified atom stereocenters. The van der Waals surface area contributed by atoms with Gasteiger partial charge in [0, 0.05) is 6.20 Å². The molecular formula is C4HBF3KN2S. The maximum absolute atomic E-state index is 11.9. The van der Waals surface area contributed by atoms with Gasteiger partial charge in [-0.15, -0.1) is 11.3 Å². The molecule has 0 amide bonds. The van der Waals surface area contributed by atoms with E-state index < -0.39 is 11.8 Å². The molecule has 0 aliphatic carbocycles. The van der Waals surface area contributed by atoms with Crippen LogP contribution >= 0.6 is 11.3 Å². The summed E-state index contributed by atoms with van der Waals surface area (Å²) in [6.07, 6.45) is 0.684. The number of hydrogen-bond donors (Lipinski definition) is 0. The monoisotopic (exact) mass is 216 g/mol. The van der Waals surface area contributed by atoms with Gasteiger partial charge in [-0.25, -0.2) is 4.98 Å². The van der Waals surface area contributed by atoms with Crippen LogP contribution < -0.4 is 56.2 Å². The van der Waals surface area contributed by atoms with E-state index in [0.717, 1.165) is 0 Å². The zero-order valence-electron chi connectivity index (χ0n) is 6.09. The van der Waals surface area contributed by atoms with Gasteiger partial charge in [0.2, 0.25) is 0 Å². The third-order valence-corrected chi connectivity index (χ3v) is 1.94. The van der Waals surface area contributed by atoms with Crippen molar-refractivity contribution in [2.75, 3.05) is 0 Å². The van der Waals surface area contributed by atoms with Gasteiger partial charge in [0.25, 0.3) is 0 Å². The molecule has 0 radical (unpaired) electrons. The quantitative estimate of drug-likeness (QED) is 0.513. The number of rotatable bonds is 1. The Labute approximate surface area is 113 Å². The van der Waals surface area contributed by atoms with E-state index in [0.29, 0.717) is 17.5 Å². The largest absolute Gasteiger partial charge is 1.00 e. The molecule has 0 aromatic carbocycles. The third-order valence-electron chi connectivity index (χ3n) is 0.942. The molecule has 0 fully saturated rings. The van der Waals surface area contributed by atoms with Gasteiger partial charge in [-0.2, -0.15) is 5.26 Å². The average Bonchev–Trinajstić information content (AvgIpc) is 2.32. The Hall–Kier alpha value is 0.611. The van der Waals surface area contributed by atoms with Crippen LogP contribution in [0.5, 0.6) is 0 Å². The molecule has 1 aromatic rings. The predicted octanol–water partition coefficient (Wildman–Crippen LogP) is -1.93. The second-order valence-electron chi connectivity index (χ2n) is 1.75. The summed E-state index contributed by atoms with van der Waals surface area (Å²) < 4.78 is 34.8. The molecule has 2 nitrogen and oxygen atoms in total. The van der Waals surface area contributed by atoms with Gasteiger partial charge in [-0.05, 0) is 4.78 Å². The van der Waals surface area contributed by atoms with E-state index in [1.165, 1.54) is 6.07 Å². The first-order valence-corrected chi connectivity index (χ1v) is 3.41. The molecule has 0 saturated carbocycles. The summed E-state index contributed by atoms with van der Waals surface area (Å²) in [7, 11) is 0. The third kappa shape index (κ3) is 3.16. The molecule has 0 spiro atoms. The van der Waals surface area contributed by atoms with Crippen molar-refractivity contribution in [2.24, 2.45) is 0 Å². The van der Waals surface area contributed by atoms with Crippen LogP contribution in [-0.4, -0.2) is 12.0 Å². The number of halogens is 3. The minimum absolute atomic E-state index is 0. The molecule has 1 rings (SSSR count). The normalized spacial score (nSPS) is 10.2. The van der Waals surface area contributed by atoms with Crippen molar-refractivity contribution < 1.29 is 64.3 Å². The fourth-order valence-corrected chi connectivity index (χ4v) is 1.10. The van der Waals surface area contributed by atoms with Gasteiger partial charge in [0.15, 0.2) is 5.01 Å². The Morgan fingerprint density at radius 3 is 2.33 bits per heavy atom. The summed E-state index contributed by atoms with van der Waals surface area (Å²) in [6.45, 7) is -4.99. The van der Waals surface area contributed by atoms with Gasteiger partial charge in [-0.3, -0.25) is 0 Å². The van der Waals surface area contributed by atoms with Crippen molar-refractivity contribution in [3.8, 4) is 6.07 Å². The maximum Gasteiger partial charge on any atom is 1.00 e. The Balaban J connectivity index is 0.00000121. The summed E-state index contributed by atoms with van der Waals surface area (Å²) in [4.78, 5) is 3.25. The molecule has 58 valence electrons. The first-order valence-electron chi connectivity index (χ1n) is 2.60. The van der Waals surface area contributed by atoms with Crippen LogP contribution in [-0.2, 0) is 0 Å². The van der Waals surface area contributed by atoms with Crippen molar-refractivity contribution in [3.05, 3.63) is 11.2 Å². The Morgan fingerprint density at radius 1 is 1.50 bits per heavy atom. The van der Waals surface area contributed by atoms with Gasteiger partial charge >= 0.3 is 58.4 Å². The van der Waals surface area contributed by atoms with Crippen LogP contribution in [0.1, 0.15) is 5.01 Å². The minimum Gasteiger partial charge on any atom is -0.444 e. The van der Waals surface area contributed by atoms with E-state index in [4.69, 9.17) is 5.26 Å². The number of hydrogen-bond acceptors (Lipinski definition) is 3. The molecule has 0 saturated heterocycles. The molecule has 0 aliphatic rings. The first kappa shape index (κ1) is 12.6. The molecule has 0 atom stereocenters. The zero-order valence-corrected chi connectivity index (χ0v) is 10.0. The van der Waals surface area contributed by atoms with Crippen molar-refractivity contribution in [3.63, 3.8) is 0 Å². The van der Waals surface area contributed by atoms with Crippen molar-refractivity contribution >= 4 is 23.1 Å². The van der Waals surface area contributed by atoms with Crippen LogP contribution in [0.15, 0.2) is 6.20 Å². The van der Waals surface area contributed by atoms with E-state index >= 15 is 0 Å². The molecule has 1 heterocycles. The van der Waals surface area contributed by atoms with Gasteiger partial charge in [-0.1, -0.05) is 0 Å². The number of nitrogens with zero attached hydrogens (tertiary/aromatic N) is 2. The van der Waals surface area contributed by atoms with Crippen LogP contribution in [0.25, 0.3) is 0 Å². The van der Waals surface area contributed by atoms with Crippen LogP contribution in [0, 0.1) is 11.3 Å². The maximum atomic E-state index is 11.9. The fraction of sp³-hybridized carbons (Fsp3) is 0. The van der Waals surface area contributed by atoms with Crippen molar-refractivity contribution in [2.45, 2.75) is 0 Å². The summed E-state index contributed by atoms with van der Waals surface area (Å²) >= 11 is 0.370. The smallest absolute Gasteiger partial charge is 0.444 e. The molecule has 0 N–H and O–H groups in total. The number of thiazole rings is 1. The van der Waals surface area contributed by atoms with E-state index in [1.54, 1.807) is 0 Å². The standard InChI is InChI=1S/C4HBF3N2S.K/c6-5(7,8)3-2-10-4(1-9)11-3;/h2H;/q-1;+1. The second kappa shape index (κ2) is 4.74. The van der Waals surface area contributed by atoms with E-state index in [9.17, 15) is 12.9 Å². The number of aromatic nitrogens is 1. The summed E-state index contributed by atoms with van der Waals surface area (Å²) in [5.41, 5.74) is 0. The molecule has 0 aliphatic heterocycles. The molecule has 1 aromatic heterocycles. The van der Waals surface area contributed by atoms with Gasteiger partial charge in [0.05, 0.1) is 0 Å². The Kier molecular flexibility index (Phi) is 4.98. The molecule has 0 bridgehead atoms. The van der Waals surface area contributed by atoms with Crippen molar-refractivity contribution in [1.29, 1.82) is 5.26 Å². The van der Waals surface area contributed by atoms with Gasteiger partial charge < -0.3 is 12.9 Å². The summed E-state index contributed by atoms with van der Waals surface area (Å²) in [6, 6.07) is 1.54. The summed E-state index contributed by atoms with van der Waals surface area (Å²) in [5, 5.41) is 8.00. The van der Waals surface area contributed by atoms with Crippen LogP contribution in [0.4, 0.5) is 12.9 Å². The molecule has 12 heavy (non-hydrogen) atoms. The predicted molar refractivity (Wildman–Crippen MR) is 35.5 cm³/mol. The SMILES string of the molecule is N#Cc1ncc([B-](F)(F)F)s1.[K+]. The van der Waals surface area contributed by atoms with E-state index in [2.05, 4.69) is 4.98 Å². The Bertz CT molecular complexity index is 304. The first-order chi connectivity index (χ1) is 5.04. The second-order valence-corrected chi connectivity index (χ2v) is 2.82. The van der Waals surface area contributed by atoms with Crippen LogP contribution in [0.2, 0.25) is 0 Å². The van der Waals surface area contributed by atoms with Crippen LogP contribution in [0.3, 0.4) is 0 Å².